The molecule has 0 aliphatic carbocycles. The predicted molar refractivity (Wildman–Crippen MR) is 74.9 cm³/mol. The molecule has 0 N–H and O–H groups in total. The summed E-state index contributed by atoms with van der Waals surface area (Å²) in [6.07, 6.45) is 0. The predicted octanol–water partition coefficient (Wildman–Crippen LogP) is 4.06. The third-order valence-corrected chi connectivity index (χ3v) is 3.14. The van der Waals surface area contributed by atoms with E-state index in [-0.39, 0.29) is 16.7 Å². The molecular weight excluding hydrogens is 295 g/mol. The molecule has 1 heterocycles. The highest BCUT2D eigenvalue weighted by atomic mass is 19.1. The number of benzene rings is 2. The maximum atomic E-state index is 12.9. The molecule has 110 valence electrons. The Morgan fingerprint density at radius 1 is 0.955 bits per heavy atom. The zero-order valence-electron chi connectivity index (χ0n) is 10.9. The first-order valence-electron chi connectivity index (χ1n) is 6.08. The molecule has 22 heavy (non-hydrogen) atoms. The van der Waals surface area contributed by atoms with Gasteiger partial charge in [0, 0.05) is 5.56 Å². The molecule has 0 fully saturated rings. The van der Waals surface area contributed by atoms with Crippen molar-refractivity contribution in [1.82, 2.24) is 0 Å². The maximum Gasteiger partial charge on any atom is 0.287 e. The van der Waals surface area contributed by atoms with Gasteiger partial charge in [0.2, 0.25) is 0 Å². The highest BCUT2D eigenvalue weighted by molar-refractivity contribution is 5.92. The number of nitro benzene ring substituents is 2. The summed E-state index contributed by atoms with van der Waals surface area (Å²) in [7, 11) is 0. The molecule has 0 saturated heterocycles. The van der Waals surface area contributed by atoms with Crippen LogP contribution in [0.1, 0.15) is 0 Å². The first-order valence-corrected chi connectivity index (χ1v) is 6.08. The minimum atomic E-state index is -0.730. The van der Waals surface area contributed by atoms with E-state index in [0.29, 0.717) is 5.56 Å². The van der Waals surface area contributed by atoms with Crippen LogP contribution >= 0.6 is 0 Å². The lowest BCUT2D eigenvalue weighted by Gasteiger charge is -1.95. The quantitative estimate of drug-likeness (QED) is 0.536. The Balaban J connectivity index is 2.24. The summed E-state index contributed by atoms with van der Waals surface area (Å²) >= 11 is 0. The van der Waals surface area contributed by atoms with Crippen LogP contribution in [0.4, 0.5) is 15.8 Å². The normalized spacial score (nSPS) is 10.8. The molecule has 2 aromatic carbocycles. The van der Waals surface area contributed by atoms with Gasteiger partial charge in [-0.15, -0.1) is 0 Å². The first kappa shape index (κ1) is 13.7. The molecule has 0 radical (unpaired) electrons. The number of hydrogen-bond acceptors (Lipinski definition) is 5. The molecule has 3 rings (SSSR count). The number of hydrogen-bond donors (Lipinski definition) is 0. The molecule has 1 aromatic heterocycles. The van der Waals surface area contributed by atoms with Gasteiger partial charge in [-0.05, 0) is 30.3 Å². The van der Waals surface area contributed by atoms with Crippen LogP contribution in [0.5, 0.6) is 0 Å². The largest absolute Gasteiger partial charge is 0.456 e. The van der Waals surface area contributed by atoms with Crippen LogP contribution in [-0.4, -0.2) is 9.85 Å². The molecular formula is C14H7FN2O5. The van der Waals surface area contributed by atoms with E-state index >= 15 is 0 Å². The van der Waals surface area contributed by atoms with Gasteiger partial charge in [0.05, 0.1) is 27.4 Å². The summed E-state index contributed by atoms with van der Waals surface area (Å²) in [5.41, 5.74) is -0.310. The second kappa shape index (κ2) is 4.92. The van der Waals surface area contributed by atoms with Crippen LogP contribution in [0.25, 0.3) is 22.3 Å². The highest BCUT2D eigenvalue weighted by Gasteiger charge is 2.22. The summed E-state index contributed by atoms with van der Waals surface area (Å²) < 4.78 is 18.4. The number of nitro groups is 2. The number of rotatable bonds is 3. The van der Waals surface area contributed by atoms with Crippen molar-refractivity contribution in [3.63, 3.8) is 0 Å². The molecule has 0 saturated carbocycles. The van der Waals surface area contributed by atoms with Crippen molar-refractivity contribution in [2.24, 2.45) is 0 Å². The number of furan rings is 1. The van der Waals surface area contributed by atoms with Gasteiger partial charge in [-0.2, -0.15) is 0 Å². The van der Waals surface area contributed by atoms with Crippen LogP contribution < -0.4 is 0 Å². The van der Waals surface area contributed by atoms with Crippen LogP contribution in [0.3, 0.4) is 0 Å². The highest BCUT2D eigenvalue weighted by Crippen LogP contribution is 2.36. The fraction of sp³-hybridized carbons (Fsp3) is 0. The summed E-state index contributed by atoms with van der Waals surface area (Å²) in [4.78, 5) is 20.5. The van der Waals surface area contributed by atoms with E-state index in [1.807, 2.05) is 0 Å². The molecule has 7 nitrogen and oxygen atoms in total. The lowest BCUT2D eigenvalue weighted by molar-refractivity contribution is -0.393. The molecule has 0 aliphatic rings. The molecule has 0 atom stereocenters. The topological polar surface area (TPSA) is 99.4 Å². The van der Waals surface area contributed by atoms with E-state index < -0.39 is 27.0 Å². The molecule has 0 bridgehead atoms. The average molecular weight is 302 g/mol. The zero-order valence-corrected chi connectivity index (χ0v) is 10.9. The van der Waals surface area contributed by atoms with Crippen molar-refractivity contribution >= 4 is 22.3 Å². The van der Waals surface area contributed by atoms with Crippen molar-refractivity contribution in [3.8, 4) is 11.3 Å². The van der Waals surface area contributed by atoms with Gasteiger partial charge in [0.25, 0.3) is 11.4 Å². The molecule has 0 unspecified atom stereocenters. The van der Waals surface area contributed by atoms with E-state index in [4.69, 9.17) is 4.42 Å². The average Bonchev–Trinajstić information content (AvgIpc) is 2.90. The van der Waals surface area contributed by atoms with Crippen molar-refractivity contribution in [1.29, 1.82) is 0 Å². The lowest BCUT2D eigenvalue weighted by Crippen LogP contribution is -1.92. The molecule has 0 aliphatic heterocycles. The Hall–Kier alpha value is -3.29. The van der Waals surface area contributed by atoms with Crippen molar-refractivity contribution in [2.75, 3.05) is 0 Å². The van der Waals surface area contributed by atoms with Crippen LogP contribution in [-0.2, 0) is 0 Å². The Bertz CT molecular complexity index is 901. The third-order valence-electron chi connectivity index (χ3n) is 3.14. The van der Waals surface area contributed by atoms with Gasteiger partial charge in [-0.1, -0.05) is 0 Å². The maximum absolute atomic E-state index is 12.9. The summed E-state index contributed by atoms with van der Waals surface area (Å²) in [6.45, 7) is 0. The van der Waals surface area contributed by atoms with E-state index in [2.05, 4.69) is 0 Å². The smallest absolute Gasteiger partial charge is 0.287 e. The van der Waals surface area contributed by atoms with E-state index in [1.165, 1.54) is 30.3 Å². The Labute approximate surface area is 121 Å². The summed E-state index contributed by atoms with van der Waals surface area (Å²) in [6, 6.07) is 8.76. The van der Waals surface area contributed by atoms with Gasteiger partial charge in [0.1, 0.15) is 17.2 Å². The molecule has 0 spiro atoms. The van der Waals surface area contributed by atoms with E-state index in [9.17, 15) is 24.6 Å². The summed E-state index contributed by atoms with van der Waals surface area (Å²) in [5.74, 6) is -0.167. The van der Waals surface area contributed by atoms with Gasteiger partial charge in [0.15, 0.2) is 0 Å². The van der Waals surface area contributed by atoms with Gasteiger partial charge in [-0.25, -0.2) is 4.39 Å². The van der Waals surface area contributed by atoms with Crippen molar-refractivity contribution < 1.29 is 18.7 Å². The van der Waals surface area contributed by atoms with Crippen molar-refractivity contribution in [3.05, 3.63) is 68.5 Å². The standard InChI is InChI=1S/C14H7FN2O5/c15-9-3-1-8(2-4-9)13-7-11-12(17(20)21)5-10(16(18)19)6-14(11)22-13/h1-7H. The lowest BCUT2D eigenvalue weighted by atomic mass is 10.1. The Morgan fingerprint density at radius 2 is 1.64 bits per heavy atom. The monoisotopic (exact) mass is 302 g/mol. The minimum absolute atomic E-state index is 0.0280. The third kappa shape index (κ3) is 2.26. The van der Waals surface area contributed by atoms with E-state index in [0.717, 1.165) is 12.1 Å². The second-order valence-corrected chi connectivity index (χ2v) is 4.51. The zero-order chi connectivity index (χ0) is 15.9. The summed E-state index contributed by atoms with van der Waals surface area (Å²) in [5, 5.41) is 22.1. The number of non-ortho nitro benzene ring substituents is 2. The Morgan fingerprint density at radius 3 is 2.23 bits per heavy atom. The minimum Gasteiger partial charge on any atom is -0.456 e. The SMILES string of the molecule is O=[N+]([O-])c1cc([N+](=O)[O-])c2cc(-c3ccc(F)cc3)oc2c1. The molecule has 8 heteroatoms. The number of halogens is 1. The fourth-order valence-corrected chi connectivity index (χ4v) is 2.12. The number of fused-ring (bicyclic) bond motifs is 1. The van der Waals surface area contributed by atoms with Crippen LogP contribution in [0, 0.1) is 26.0 Å². The van der Waals surface area contributed by atoms with Gasteiger partial charge < -0.3 is 4.42 Å². The van der Waals surface area contributed by atoms with Gasteiger partial charge >= 0.3 is 0 Å². The second-order valence-electron chi connectivity index (χ2n) is 4.51. The van der Waals surface area contributed by atoms with E-state index in [1.54, 1.807) is 0 Å². The van der Waals surface area contributed by atoms with Crippen LogP contribution in [0.2, 0.25) is 0 Å². The Kier molecular flexibility index (Phi) is 3.06. The van der Waals surface area contributed by atoms with Crippen LogP contribution in [0.15, 0.2) is 46.9 Å². The number of nitrogens with zero attached hydrogens (tertiary/aromatic N) is 2. The van der Waals surface area contributed by atoms with Gasteiger partial charge in [-0.3, -0.25) is 20.2 Å². The molecule has 3 aromatic rings. The van der Waals surface area contributed by atoms with Crippen molar-refractivity contribution in [2.45, 2.75) is 0 Å². The first-order chi connectivity index (χ1) is 10.5. The fourth-order valence-electron chi connectivity index (χ4n) is 2.12. The molecule has 0 amide bonds.